The van der Waals surface area contributed by atoms with Crippen LogP contribution in [0, 0.1) is 0 Å². The van der Waals surface area contributed by atoms with Crippen molar-refractivity contribution in [2.75, 3.05) is 37.6 Å². The molecule has 102 valence electrons. The Kier molecular flexibility index (Phi) is 5.14. The first-order valence-corrected chi connectivity index (χ1v) is 8.20. The SMILES string of the molecule is COc1nc(N(C)C)sc1CNC1CCCSC1. The van der Waals surface area contributed by atoms with Crippen molar-refractivity contribution >= 4 is 28.2 Å². The molecule has 4 nitrogen and oxygen atoms in total. The number of hydrogen-bond acceptors (Lipinski definition) is 6. The first-order chi connectivity index (χ1) is 8.70. The summed E-state index contributed by atoms with van der Waals surface area (Å²) < 4.78 is 5.34. The van der Waals surface area contributed by atoms with Gasteiger partial charge in [0.25, 0.3) is 0 Å². The van der Waals surface area contributed by atoms with Crippen LogP contribution in [0.15, 0.2) is 0 Å². The van der Waals surface area contributed by atoms with E-state index >= 15 is 0 Å². The van der Waals surface area contributed by atoms with Crippen LogP contribution in [0.2, 0.25) is 0 Å². The van der Waals surface area contributed by atoms with Gasteiger partial charge in [0.2, 0.25) is 5.88 Å². The topological polar surface area (TPSA) is 37.4 Å². The maximum absolute atomic E-state index is 5.34. The highest BCUT2D eigenvalue weighted by atomic mass is 32.2. The van der Waals surface area contributed by atoms with E-state index in [0.717, 1.165) is 17.6 Å². The summed E-state index contributed by atoms with van der Waals surface area (Å²) in [5.41, 5.74) is 0. The number of hydrogen-bond donors (Lipinski definition) is 1. The van der Waals surface area contributed by atoms with Crippen LogP contribution >= 0.6 is 23.1 Å². The number of nitrogens with zero attached hydrogens (tertiary/aromatic N) is 2. The summed E-state index contributed by atoms with van der Waals surface area (Å²) in [5, 5.41) is 4.62. The summed E-state index contributed by atoms with van der Waals surface area (Å²) in [7, 11) is 5.70. The summed E-state index contributed by atoms with van der Waals surface area (Å²) in [6.45, 7) is 0.861. The number of aromatic nitrogens is 1. The number of thioether (sulfide) groups is 1. The number of ether oxygens (including phenoxy) is 1. The van der Waals surface area contributed by atoms with E-state index in [0.29, 0.717) is 6.04 Å². The molecule has 2 rings (SSSR count). The summed E-state index contributed by atoms with van der Waals surface area (Å²) in [5.74, 6) is 3.30. The van der Waals surface area contributed by atoms with Gasteiger partial charge in [-0.05, 0) is 18.6 Å². The van der Waals surface area contributed by atoms with Crippen LogP contribution in [-0.4, -0.2) is 43.7 Å². The molecular weight excluding hydrogens is 266 g/mol. The van der Waals surface area contributed by atoms with Gasteiger partial charge in [0.15, 0.2) is 5.13 Å². The molecule has 1 aromatic heterocycles. The van der Waals surface area contributed by atoms with Crippen molar-refractivity contribution in [2.24, 2.45) is 0 Å². The predicted octanol–water partition coefficient (Wildman–Crippen LogP) is 2.20. The molecule has 1 aromatic rings. The zero-order valence-electron chi connectivity index (χ0n) is 11.2. The quantitative estimate of drug-likeness (QED) is 0.898. The summed E-state index contributed by atoms with van der Waals surface area (Å²) in [6, 6.07) is 0.637. The molecule has 1 fully saturated rings. The van der Waals surface area contributed by atoms with Crippen LogP contribution in [0.1, 0.15) is 17.7 Å². The third-order valence-corrected chi connectivity index (χ3v) is 5.36. The standard InChI is InChI=1S/C12H21N3OS2/c1-15(2)12-14-11(16-3)10(18-12)7-13-9-5-4-6-17-8-9/h9,13H,4-8H2,1-3H3. The minimum absolute atomic E-state index is 0.637. The highest BCUT2D eigenvalue weighted by Gasteiger charge is 2.17. The molecule has 0 bridgehead atoms. The van der Waals surface area contributed by atoms with Gasteiger partial charge < -0.3 is 15.0 Å². The Morgan fingerprint density at radius 2 is 2.33 bits per heavy atom. The molecule has 1 N–H and O–H groups in total. The molecule has 1 saturated heterocycles. The van der Waals surface area contributed by atoms with Crippen molar-refractivity contribution < 1.29 is 4.74 Å². The molecule has 0 saturated carbocycles. The zero-order valence-corrected chi connectivity index (χ0v) is 12.9. The van der Waals surface area contributed by atoms with E-state index in [2.05, 4.69) is 10.3 Å². The molecule has 0 spiro atoms. The van der Waals surface area contributed by atoms with E-state index in [-0.39, 0.29) is 0 Å². The third-order valence-electron chi connectivity index (χ3n) is 2.94. The smallest absolute Gasteiger partial charge is 0.230 e. The molecular formula is C12H21N3OS2. The lowest BCUT2D eigenvalue weighted by Crippen LogP contribution is -2.33. The van der Waals surface area contributed by atoms with E-state index < -0.39 is 0 Å². The largest absolute Gasteiger partial charge is 0.480 e. The van der Waals surface area contributed by atoms with E-state index in [4.69, 9.17) is 4.74 Å². The highest BCUT2D eigenvalue weighted by molar-refractivity contribution is 7.99. The maximum atomic E-state index is 5.34. The van der Waals surface area contributed by atoms with Gasteiger partial charge >= 0.3 is 0 Å². The van der Waals surface area contributed by atoms with Crippen molar-refractivity contribution in [1.29, 1.82) is 0 Å². The number of thiazole rings is 1. The van der Waals surface area contributed by atoms with Crippen LogP contribution in [0.3, 0.4) is 0 Å². The lowest BCUT2D eigenvalue weighted by molar-refractivity contribution is 0.392. The van der Waals surface area contributed by atoms with Crippen molar-refractivity contribution in [1.82, 2.24) is 10.3 Å². The predicted molar refractivity (Wildman–Crippen MR) is 80.2 cm³/mol. The molecule has 0 amide bonds. The van der Waals surface area contributed by atoms with E-state index in [1.54, 1.807) is 18.4 Å². The number of anilines is 1. The lowest BCUT2D eigenvalue weighted by Gasteiger charge is -2.22. The normalized spacial score (nSPS) is 19.8. The van der Waals surface area contributed by atoms with Gasteiger partial charge in [-0.25, -0.2) is 0 Å². The number of methoxy groups -OCH3 is 1. The zero-order chi connectivity index (χ0) is 13.0. The number of rotatable bonds is 5. The molecule has 1 aliphatic heterocycles. The Morgan fingerprint density at radius 3 is 2.94 bits per heavy atom. The Morgan fingerprint density at radius 1 is 1.50 bits per heavy atom. The van der Waals surface area contributed by atoms with E-state index in [1.807, 2.05) is 30.8 Å². The average Bonchev–Trinajstić information content (AvgIpc) is 2.81. The van der Waals surface area contributed by atoms with E-state index in [1.165, 1.54) is 29.2 Å². The van der Waals surface area contributed by atoms with Gasteiger partial charge in [-0.1, -0.05) is 11.3 Å². The fraction of sp³-hybridized carbons (Fsp3) is 0.750. The molecule has 18 heavy (non-hydrogen) atoms. The van der Waals surface area contributed by atoms with Gasteiger partial charge in [0, 0.05) is 32.4 Å². The Labute approximate surface area is 117 Å². The Balaban J connectivity index is 1.94. The van der Waals surface area contributed by atoms with Gasteiger partial charge in [-0.2, -0.15) is 16.7 Å². The van der Waals surface area contributed by atoms with Gasteiger partial charge in [0.05, 0.1) is 12.0 Å². The van der Waals surface area contributed by atoms with Crippen molar-refractivity contribution in [3.8, 4) is 5.88 Å². The Bertz CT molecular complexity index is 375. The molecule has 0 radical (unpaired) electrons. The molecule has 6 heteroatoms. The average molecular weight is 287 g/mol. The highest BCUT2D eigenvalue weighted by Crippen LogP contribution is 2.30. The summed E-state index contributed by atoms with van der Waals surface area (Å²) in [4.78, 5) is 7.68. The Hall–Kier alpha value is -0.460. The second kappa shape index (κ2) is 6.63. The second-order valence-electron chi connectivity index (χ2n) is 4.62. The summed E-state index contributed by atoms with van der Waals surface area (Å²) >= 11 is 3.75. The molecule has 1 unspecified atom stereocenters. The fourth-order valence-corrected chi connectivity index (χ4v) is 3.94. The van der Waals surface area contributed by atoms with Crippen LogP contribution < -0.4 is 15.0 Å². The first-order valence-electron chi connectivity index (χ1n) is 6.23. The van der Waals surface area contributed by atoms with E-state index in [9.17, 15) is 0 Å². The van der Waals surface area contributed by atoms with Crippen LogP contribution in [0.4, 0.5) is 5.13 Å². The van der Waals surface area contributed by atoms with Crippen LogP contribution in [0.25, 0.3) is 0 Å². The van der Waals surface area contributed by atoms with Crippen LogP contribution in [-0.2, 0) is 6.54 Å². The number of nitrogens with one attached hydrogen (secondary N) is 1. The minimum Gasteiger partial charge on any atom is -0.480 e. The minimum atomic E-state index is 0.637. The molecule has 0 aromatic carbocycles. The monoisotopic (exact) mass is 287 g/mol. The van der Waals surface area contributed by atoms with Crippen LogP contribution in [0.5, 0.6) is 5.88 Å². The summed E-state index contributed by atoms with van der Waals surface area (Å²) in [6.07, 6.45) is 2.61. The van der Waals surface area contributed by atoms with Crippen molar-refractivity contribution in [2.45, 2.75) is 25.4 Å². The van der Waals surface area contributed by atoms with Crippen molar-refractivity contribution in [3.63, 3.8) is 0 Å². The molecule has 2 heterocycles. The van der Waals surface area contributed by atoms with Gasteiger partial charge in [0.1, 0.15) is 0 Å². The molecule has 1 atom stereocenters. The molecule has 1 aliphatic rings. The third kappa shape index (κ3) is 3.52. The first kappa shape index (κ1) is 14.0. The van der Waals surface area contributed by atoms with Crippen molar-refractivity contribution in [3.05, 3.63) is 4.88 Å². The molecule has 0 aliphatic carbocycles. The maximum Gasteiger partial charge on any atom is 0.230 e. The lowest BCUT2D eigenvalue weighted by atomic mass is 10.2. The van der Waals surface area contributed by atoms with Gasteiger partial charge in [-0.15, -0.1) is 0 Å². The fourth-order valence-electron chi connectivity index (χ4n) is 1.93. The van der Waals surface area contributed by atoms with Gasteiger partial charge in [-0.3, -0.25) is 0 Å². The second-order valence-corrected chi connectivity index (χ2v) is 6.83.